The number of halogens is 1. The Morgan fingerprint density at radius 3 is 2.70 bits per heavy atom. The van der Waals surface area contributed by atoms with Gasteiger partial charge in [0, 0.05) is 22.7 Å². The number of carbonyl (C=O) groups is 2. The SMILES string of the molecule is NC(=O)Cn1cc(C=NNC(=O)COc2ccccc2I)c2ccccc21. The number of hydrogen-bond acceptors (Lipinski definition) is 4. The Labute approximate surface area is 169 Å². The summed E-state index contributed by atoms with van der Waals surface area (Å²) in [5, 5.41) is 4.89. The highest BCUT2D eigenvalue weighted by atomic mass is 127. The lowest BCUT2D eigenvalue weighted by Crippen LogP contribution is -2.24. The molecular formula is C19H17IN4O3. The van der Waals surface area contributed by atoms with Gasteiger partial charge in [-0.3, -0.25) is 9.59 Å². The van der Waals surface area contributed by atoms with Gasteiger partial charge in [-0.1, -0.05) is 30.3 Å². The molecule has 0 bridgehead atoms. The molecule has 1 aromatic heterocycles. The molecule has 0 saturated carbocycles. The number of amides is 2. The van der Waals surface area contributed by atoms with E-state index in [1.165, 1.54) is 6.21 Å². The van der Waals surface area contributed by atoms with E-state index in [2.05, 4.69) is 33.1 Å². The molecule has 2 amide bonds. The van der Waals surface area contributed by atoms with Gasteiger partial charge in [0.15, 0.2) is 6.61 Å². The van der Waals surface area contributed by atoms with Crippen molar-refractivity contribution in [2.45, 2.75) is 6.54 Å². The lowest BCUT2D eigenvalue weighted by Gasteiger charge is -2.06. The fourth-order valence-electron chi connectivity index (χ4n) is 2.59. The summed E-state index contributed by atoms with van der Waals surface area (Å²) in [7, 11) is 0. The molecule has 7 nitrogen and oxygen atoms in total. The second-order valence-electron chi connectivity index (χ2n) is 5.71. The fraction of sp³-hybridized carbons (Fsp3) is 0.105. The molecule has 0 spiro atoms. The highest BCUT2D eigenvalue weighted by molar-refractivity contribution is 14.1. The average molecular weight is 476 g/mol. The Kier molecular flexibility index (Phi) is 6.07. The number of carbonyl (C=O) groups excluding carboxylic acids is 2. The third-order valence-corrected chi connectivity index (χ3v) is 4.63. The number of hydrazone groups is 1. The molecule has 3 N–H and O–H groups in total. The molecule has 8 heteroatoms. The van der Waals surface area contributed by atoms with E-state index in [-0.39, 0.29) is 19.1 Å². The minimum atomic E-state index is -0.430. The van der Waals surface area contributed by atoms with Gasteiger partial charge in [-0.25, -0.2) is 5.43 Å². The van der Waals surface area contributed by atoms with Gasteiger partial charge in [0.05, 0.1) is 9.78 Å². The standard InChI is InChI=1S/C19H17IN4O3/c20-15-6-2-4-8-17(15)27-12-19(26)23-22-9-13-10-24(11-18(21)25)16-7-3-1-5-14(13)16/h1-10H,11-12H2,(H2,21,25)(H,23,26). The number of nitrogens with zero attached hydrogens (tertiary/aromatic N) is 2. The Morgan fingerprint density at radius 2 is 1.93 bits per heavy atom. The van der Waals surface area contributed by atoms with Crippen LogP contribution >= 0.6 is 22.6 Å². The summed E-state index contributed by atoms with van der Waals surface area (Å²) in [4.78, 5) is 23.1. The van der Waals surface area contributed by atoms with Crippen molar-refractivity contribution in [2.75, 3.05) is 6.61 Å². The third kappa shape index (κ3) is 4.85. The second-order valence-corrected chi connectivity index (χ2v) is 6.87. The van der Waals surface area contributed by atoms with Gasteiger partial charge < -0.3 is 15.0 Å². The number of rotatable bonds is 7. The maximum atomic E-state index is 11.9. The van der Waals surface area contributed by atoms with Crippen LogP contribution in [0.2, 0.25) is 0 Å². The van der Waals surface area contributed by atoms with E-state index in [0.717, 1.165) is 20.0 Å². The Morgan fingerprint density at radius 1 is 1.19 bits per heavy atom. The van der Waals surface area contributed by atoms with Gasteiger partial charge in [-0.15, -0.1) is 0 Å². The number of hydrogen-bond donors (Lipinski definition) is 2. The molecule has 3 rings (SSSR count). The van der Waals surface area contributed by atoms with Crippen molar-refractivity contribution >= 4 is 51.5 Å². The third-order valence-electron chi connectivity index (χ3n) is 3.73. The van der Waals surface area contributed by atoms with Crippen LogP contribution in [0.3, 0.4) is 0 Å². The first kappa shape index (κ1) is 18.9. The van der Waals surface area contributed by atoms with E-state index >= 15 is 0 Å². The molecule has 0 aliphatic carbocycles. The van der Waals surface area contributed by atoms with E-state index < -0.39 is 5.91 Å². The van der Waals surface area contributed by atoms with Crippen LogP contribution in [0.5, 0.6) is 5.75 Å². The van der Waals surface area contributed by atoms with Crippen LogP contribution in [0.1, 0.15) is 5.56 Å². The number of fused-ring (bicyclic) bond motifs is 1. The first-order chi connectivity index (χ1) is 13.0. The Bertz CT molecular complexity index is 1010. The van der Waals surface area contributed by atoms with E-state index in [4.69, 9.17) is 10.5 Å². The molecule has 0 saturated heterocycles. The predicted molar refractivity (Wildman–Crippen MR) is 112 cm³/mol. The van der Waals surface area contributed by atoms with E-state index in [0.29, 0.717) is 5.75 Å². The van der Waals surface area contributed by atoms with Crippen molar-refractivity contribution in [1.82, 2.24) is 9.99 Å². The topological polar surface area (TPSA) is 98.7 Å². The quantitative estimate of drug-likeness (QED) is 0.311. The van der Waals surface area contributed by atoms with Crippen molar-refractivity contribution in [3.05, 3.63) is 63.9 Å². The average Bonchev–Trinajstić information content (AvgIpc) is 2.98. The van der Waals surface area contributed by atoms with Crippen LogP contribution in [0.15, 0.2) is 59.8 Å². The predicted octanol–water partition coefficient (Wildman–Crippen LogP) is 2.26. The number of aromatic nitrogens is 1. The van der Waals surface area contributed by atoms with Crippen LogP contribution in [0.4, 0.5) is 0 Å². The van der Waals surface area contributed by atoms with Crippen LogP contribution in [0, 0.1) is 3.57 Å². The summed E-state index contributed by atoms with van der Waals surface area (Å²) >= 11 is 2.14. The molecule has 0 atom stereocenters. The molecule has 0 aliphatic rings. The normalized spacial score (nSPS) is 11.0. The summed E-state index contributed by atoms with van der Waals surface area (Å²) in [6.07, 6.45) is 3.30. The summed E-state index contributed by atoms with van der Waals surface area (Å²) in [6.45, 7) is -0.0644. The molecule has 1 heterocycles. The molecule has 138 valence electrons. The highest BCUT2D eigenvalue weighted by Crippen LogP contribution is 2.20. The Hall–Kier alpha value is -2.88. The van der Waals surface area contributed by atoms with Gasteiger partial charge in [-0.05, 0) is 40.8 Å². The minimum Gasteiger partial charge on any atom is -0.483 e. The molecule has 3 aromatic rings. The van der Waals surface area contributed by atoms with Gasteiger partial charge in [0.2, 0.25) is 5.91 Å². The zero-order valence-corrected chi connectivity index (χ0v) is 16.4. The number of para-hydroxylation sites is 2. The van der Waals surface area contributed by atoms with Crippen molar-refractivity contribution in [3.8, 4) is 5.75 Å². The number of primary amides is 1. The van der Waals surface area contributed by atoms with Crippen LogP contribution in [-0.4, -0.2) is 29.2 Å². The second kappa shape index (κ2) is 8.67. The van der Waals surface area contributed by atoms with E-state index in [9.17, 15) is 9.59 Å². The number of benzene rings is 2. The first-order valence-corrected chi connectivity index (χ1v) is 9.18. The maximum Gasteiger partial charge on any atom is 0.277 e. The fourth-order valence-corrected chi connectivity index (χ4v) is 3.13. The van der Waals surface area contributed by atoms with Crippen molar-refractivity contribution in [1.29, 1.82) is 0 Å². The summed E-state index contributed by atoms with van der Waals surface area (Å²) in [6, 6.07) is 15.0. The molecule has 0 radical (unpaired) electrons. The molecule has 0 aliphatic heterocycles. The van der Waals surface area contributed by atoms with Gasteiger partial charge in [0.25, 0.3) is 5.91 Å². The first-order valence-electron chi connectivity index (χ1n) is 8.10. The lowest BCUT2D eigenvalue weighted by atomic mass is 10.2. The maximum absolute atomic E-state index is 11.9. The van der Waals surface area contributed by atoms with E-state index in [1.54, 1.807) is 16.8 Å². The smallest absolute Gasteiger partial charge is 0.277 e. The number of ether oxygens (including phenoxy) is 1. The van der Waals surface area contributed by atoms with Crippen LogP contribution in [-0.2, 0) is 16.1 Å². The lowest BCUT2D eigenvalue weighted by molar-refractivity contribution is -0.123. The summed E-state index contributed by atoms with van der Waals surface area (Å²) < 4.78 is 8.15. The highest BCUT2D eigenvalue weighted by Gasteiger charge is 2.08. The van der Waals surface area contributed by atoms with Crippen LogP contribution < -0.4 is 15.9 Å². The van der Waals surface area contributed by atoms with Gasteiger partial charge in [0.1, 0.15) is 12.3 Å². The molecule has 27 heavy (non-hydrogen) atoms. The molecule has 0 fully saturated rings. The molecular weight excluding hydrogens is 459 g/mol. The summed E-state index contributed by atoms with van der Waals surface area (Å²) in [5.74, 6) is -0.154. The van der Waals surface area contributed by atoms with Gasteiger partial charge in [-0.2, -0.15) is 5.10 Å². The van der Waals surface area contributed by atoms with Gasteiger partial charge >= 0.3 is 0 Å². The van der Waals surface area contributed by atoms with E-state index in [1.807, 2.05) is 42.5 Å². The van der Waals surface area contributed by atoms with Crippen molar-refractivity contribution in [3.63, 3.8) is 0 Å². The summed E-state index contributed by atoms with van der Waals surface area (Å²) in [5.41, 5.74) is 9.37. The van der Waals surface area contributed by atoms with Crippen LogP contribution in [0.25, 0.3) is 10.9 Å². The van der Waals surface area contributed by atoms with Crippen molar-refractivity contribution in [2.24, 2.45) is 10.8 Å². The zero-order chi connectivity index (χ0) is 19.2. The Balaban J connectivity index is 1.65. The van der Waals surface area contributed by atoms with Crippen molar-refractivity contribution < 1.29 is 14.3 Å². The minimum absolute atomic E-state index is 0.0737. The molecule has 0 unspecified atom stereocenters. The molecule has 2 aromatic carbocycles. The number of nitrogens with two attached hydrogens (primary N) is 1. The monoisotopic (exact) mass is 476 g/mol. The number of nitrogens with one attached hydrogen (secondary N) is 1. The zero-order valence-electron chi connectivity index (χ0n) is 14.3. The largest absolute Gasteiger partial charge is 0.483 e.